The van der Waals surface area contributed by atoms with Crippen molar-refractivity contribution in [1.82, 2.24) is 0 Å². The van der Waals surface area contributed by atoms with E-state index in [9.17, 15) is 9.59 Å². The van der Waals surface area contributed by atoms with Crippen LogP contribution in [0.2, 0.25) is 0 Å². The summed E-state index contributed by atoms with van der Waals surface area (Å²) in [5, 5.41) is 4.04. The molecule has 4 aliphatic rings. The van der Waals surface area contributed by atoms with E-state index in [0.717, 1.165) is 53.7 Å². The van der Waals surface area contributed by atoms with Crippen LogP contribution in [0.3, 0.4) is 0 Å². The molecule has 4 bridgehead atoms. The normalized spacial score (nSPS) is 32.9. The van der Waals surface area contributed by atoms with E-state index in [4.69, 9.17) is 4.42 Å². The van der Waals surface area contributed by atoms with E-state index < -0.39 is 0 Å². The second kappa shape index (κ2) is 5.20. The van der Waals surface area contributed by atoms with Crippen LogP contribution < -0.4 is 10.9 Å². The van der Waals surface area contributed by atoms with Crippen molar-refractivity contribution in [2.45, 2.75) is 45.4 Å². The standard InChI is InChI=1S/C21H23NO3/c1-12-4-19(23)25-18-8-16(2-3-17(12)18)22-20(24)21-9-13-5-14(10-21)7-15(6-13)11-21/h2-4,8,13-15H,5-7,9-11H2,1H3,(H,22,24). The minimum Gasteiger partial charge on any atom is -0.423 e. The SMILES string of the molecule is Cc1cc(=O)oc2cc(NC(=O)C34CC5CC(CC(C5)C3)C4)ccc12. The number of rotatable bonds is 2. The summed E-state index contributed by atoms with van der Waals surface area (Å²) in [7, 11) is 0. The van der Waals surface area contributed by atoms with Gasteiger partial charge in [-0.25, -0.2) is 4.79 Å². The molecule has 1 heterocycles. The Kier molecular flexibility index (Phi) is 3.16. The van der Waals surface area contributed by atoms with Crippen LogP contribution in [0, 0.1) is 30.1 Å². The van der Waals surface area contributed by atoms with Crippen LogP contribution in [0.5, 0.6) is 0 Å². The van der Waals surface area contributed by atoms with Gasteiger partial charge in [-0.15, -0.1) is 0 Å². The quantitative estimate of drug-likeness (QED) is 0.833. The first kappa shape index (κ1) is 15.2. The van der Waals surface area contributed by atoms with Crippen molar-refractivity contribution < 1.29 is 9.21 Å². The van der Waals surface area contributed by atoms with Crippen LogP contribution in [0.15, 0.2) is 33.5 Å². The molecule has 2 aromatic rings. The maximum atomic E-state index is 13.1. The molecule has 4 fully saturated rings. The Morgan fingerprint density at radius 2 is 1.72 bits per heavy atom. The third kappa shape index (κ3) is 2.42. The first-order chi connectivity index (χ1) is 12.0. The van der Waals surface area contributed by atoms with Crippen LogP contribution in [-0.4, -0.2) is 5.91 Å². The number of benzene rings is 1. The largest absolute Gasteiger partial charge is 0.423 e. The van der Waals surface area contributed by atoms with Crippen molar-refractivity contribution in [2.75, 3.05) is 5.32 Å². The topological polar surface area (TPSA) is 59.3 Å². The number of hydrogen-bond donors (Lipinski definition) is 1. The molecule has 0 saturated heterocycles. The summed E-state index contributed by atoms with van der Waals surface area (Å²) in [5.74, 6) is 2.40. The smallest absolute Gasteiger partial charge is 0.336 e. The Hall–Kier alpha value is -2.10. The highest BCUT2D eigenvalue weighted by Gasteiger charge is 2.54. The fourth-order valence-electron chi connectivity index (χ4n) is 6.06. The zero-order valence-electron chi connectivity index (χ0n) is 14.5. The molecule has 0 atom stereocenters. The van der Waals surface area contributed by atoms with E-state index in [-0.39, 0.29) is 16.9 Å². The number of nitrogens with one attached hydrogen (secondary N) is 1. The summed E-state index contributed by atoms with van der Waals surface area (Å²) in [6.07, 6.45) is 7.12. The third-order valence-corrected chi connectivity index (χ3v) is 6.73. The molecule has 130 valence electrons. The Labute approximate surface area is 146 Å². The van der Waals surface area contributed by atoms with Crippen LogP contribution in [0.25, 0.3) is 11.0 Å². The summed E-state index contributed by atoms with van der Waals surface area (Å²) in [5.41, 5.74) is 1.63. The number of anilines is 1. The van der Waals surface area contributed by atoms with E-state index in [2.05, 4.69) is 5.32 Å². The maximum absolute atomic E-state index is 13.1. The van der Waals surface area contributed by atoms with Crippen LogP contribution in [-0.2, 0) is 4.79 Å². The van der Waals surface area contributed by atoms with Crippen molar-refractivity contribution in [2.24, 2.45) is 23.2 Å². The van der Waals surface area contributed by atoms with Crippen LogP contribution in [0.4, 0.5) is 5.69 Å². The molecule has 0 aliphatic heterocycles. The number of carbonyl (C=O) groups is 1. The summed E-state index contributed by atoms with van der Waals surface area (Å²) in [6, 6.07) is 7.11. The average Bonchev–Trinajstić information content (AvgIpc) is 2.53. The van der Waals surface area contributed by atoms with E-state index >= 15 is 0 Å². The molecule has 4 saturated carbocycles. The van der Waals surface area contributed by atoms with Gasteiger partial charge in [-0.1, -0.05) is 0 Å². The molecule has 6 rings (SSSR count). The van der Waals surface area contributed by atoms with Crippen molar-refractivity contribution in [1.29, 1.82) is 0 Å². The van der Waals surface area contributed by atoms with Gasteiger partial charge in [0.15, 0.2) is 0 Å². The zero-order chi connectivity index (χ0) is 17.2. The number of amides is 1. The Balaban J connectivity index is 1.44. The molecule has 1 amide bonds. The Bertz CT molecular complexity index is 891. The molecule has 1 N–H and O–H groups in total. The maximum Gasteiger partial charge on any atom is 0.336 e. The number of aryl methyl sites for hydroxylation is 1. The zero-order valence-corrected chi connectivity index (χ0v) is 14.5. The summed E-state index contributed by atoms with van der Waals surface area (Å²) in [4.78, 5) is 24.7. The molecule has 25 heavy (non-hydrogen) atoms. The number of fused-ring (bicyclic) bond motifs is 1. The second-order valence-corrected chi connectivity index (χ2v) is 8.61. The van der Waals surface area contributed by atoms with Gasteiger partial charge in [-0.05, 0) is 80.9 Å². The summed E-state index contributed by atoms with van der Waals surface area (Å²) in [6.45, 7) is 1.90. The fourth-order valence-corrected chi connectivity index (χ4v) is 6.06. The number of carbonyl (C=O) groups excluding carboxylic acids is 1. The minimum absolute atomic E-state index is 0.168. The van der Waals surface area contributed by atoms with Crippen LogP contribution >= 0.6 is 0 Å². The van der Waals surface area contributed by atoms with Gasteiger partial charge < -0.3 is 9.73 Å². The molecule has 1 aromatic carbocycles. The van der Waals surface area contributed by atoms with Crippen molar-refractivity contribution in [3.05, 3.63) is 40.2 Å². The lowest BCUT2D eigenvalue weighted by Gasteiger charge is -2.55. The van der Waals surface area contributed by atoms with Gasteiger partial charge in [0.2, 0.25) is 5.91 Å². The number of hydrogen-bond acceptors (Lipinski definition) is 3. The van der Waals surface area contributed by atoms with Crippen molar-refractivity contribution >= 4 is 22.6 Å². The lowest BCUT2D eigenvalue weighted by molar-refractivity contribution is -0.140. The van der Waals surface area contributed by atoms with Gasteiger partial charge in [0.25, 0.3) is 0 Å². The van der Waals surface area contributed by atoms with Gasteiger partial charge in [-0.2, -0.15) is 0 Å². The van der Waals surface area contributed by atoms with Crippen LogP contribution in [0.1, 0.15) is 44.1 Å². The predicted molar refractivity (Wildman–Crippen MR) is 96.5 cm³/mol. The molecule has 0 unspecified atom stereocenters. The fraction of sp³-hybridized carbons (Fsp3) is 0.524. The average molecular weight is 337 g/mol. The monoisotopic (exact) mass is 337 g/mol. The highest BCUT2D eigenvalue weighted by atomic mass is 16.4. The van der Waals surface area contributed by atoms with E-state index in [1.165, 1.54) is 25.3 Å². The van der Waals surface area contributed by atoms with E-state index in [1.807, 2.05) is 19.1 Å². The molecular weight excluding hydrogens is 314 g/mol. The summed E-state index contributed by atoms with van der Waals surface area (Å²) >= 11 is 0. The van der Waals surface area contributed by atoms with Gasteiger partial charge in [-0.3, -0.25) is 4.79 Å². The Morgan fingerprint density at radius 3 is 2.36 bits per heavy atom. The summed E-state index contributed by atoms with van der Waals surface area (Å²) < 4.78 is 5.31. The lowest BCUT2D eigenvalue weighted by Crippen LogP contribution is -2.51. The second-order valence-electron chi connectivity index (χ2n) is 8.61. The molecule has 0 spiro atoms. The first-order valence-electron chi connectivity index (χ1n) is 9.37. The van der Waals surface area contributed by atoms with Crippen molar-refractivity contribution in [3.8, 4) is 0 Å². The van der Waals surface area contributed by atoms with Gasteiger partial charge in [0.05, 0.1) is 5.41 Å². The molecular formula is C21H23NO3. The Morgan fingerprint density at radius 1 is 1.08 bits per heavy atom. The van der Waals surface area contributed by atoms with Crippen molar-refractivity contribution in [3.63, 3.8) is 0 Å². The molecule has 4 aliphatic carbocycles. The highest BCUT2D eigenvalue weighted by molar-refractivity contribution is 5.97. The minimum atomic E-state index is -0.352. The predicted octanol–water partition coefficient (Wildman–Crippen LogP) is 4.26. The van der Waals surface area contributed by atoms with E-state index in [0.29, 0.717) is 5.58 Å². The molecule has 0 radical (unpaired) electrons. The highest BCUT2D eigenvalue weighted by Crippen LogP contribution is 2.60. The van der Waals surface area contributed by atoms with Gasteiger partial charge >= 0.3 is 5.63 Å². The molecule has 1 aromatic heterocycles. The molecule has 4 heteroatoms. The molecule has 4 nitrogen and oxygen atoms in total. The van der Waals surface area contributed by atoms with E-state index in [1.54, 1.807) is 6.07 Å². The lowest BCUT2D eigenvalue weighted by atomic mass is 9.49. The van der Waals surface area contributed by atoms with Gasteiger partial charge in [0, 0.05) is 23.2 Å². The van der Waals surface area contributed by atoms with Gasteiger partial charge in [0.1, 0.15) is 5.58 Å². The third-order valence-electron chi connectivity index (χ3n) is 6.73. The first-order valence-corrected chi connectivity index (χ1v) is 9.37.